The van der Waals surface area contributed by atoms with Crippen molar-refractivity contribution in [1.82, 2.24) is 4.90 Å². The fraction of sp³-hybridized carbons (Fsp3) is 0.800. The molecular weight excluding hydrogens is 166 g/mol. The molecule has 0 saturated carbocycles. The summed E-state index contributed by atoms with van der Waals surface area (Å²) in [6.07, 6.45) is 1.18. The van der Waals surface area contributed by atoms with Gasteiger partial charge in [-0.05, 0) is 20.3 Å². The molecule has 1 aliphatic rings. The Kier molecular flexibility index (Phi) is 2.46. The molecule has 3 nitrogen and oxygen atoms in total. The minimum atomic E-state index is -0.321. The predicted molar refractivity (Wildman–Crippen MR) is 50.0 cm³/mol. The average molecular weight is 183 g/mol. The summed E-state index contributed by atoms with van der Waals surface area (Å²) in [6, 6.07) is 0. The Morgan fingerprint density at radius 2 is 2.00 bits per heavy atom. The molecule has 0 aliphatic carbocycles. The lowest BCUT2D eigenvalue weighted by Gasteiger charge is -2.33. The van der Waals surface area contributed by atoms with Crippen molar-refractivity contribution in [3.63, 3.8) is 0 Å². The van der Waals surface area contributed by atoms with Gasteiger partial charge < -0.3 is 0 Å². The molecule has 0 aromatic carbocycles. The Morgan fingerprint density at radius 1 is 1.46 bits per heavy atom. The highest BCUT2D eigenvalue weighted by molar-refractivity contribution is 6.04. The first-order valence-electron chi connectivity index (χ1n) is 4.77. The first-order valence-corrected chi connectivity index (χ1v) is 4.77. The number of carbonyl (C=O) groups excluding carboxylic acids is 2. The Hall–Kier alpha value is -0.860. The average Bonchev–Trinajstić information content (AvgIpc) is 2.27. The quantitative estimate of drug-likeness (QED) is 0.609. The zero-order chi connectivity index (χ0) is 10.2. The Balaban J connectivity index is 2.92. The normalized spacial score (nSPS) is 24.3. The van der Waals surface area contributed by atoms with E-state index in [1.165, 1.54) is 4.90 Å². The number of likely N-dealkylation sites (tertiary alicyclic amines) is 1. The van der Waals surface area contributed by atoms with Gasteiger partial charge in [-0.3, -0.25) is 14.5 Å². The molecule has 0 aromatic rings. The third-order valence-electron chi connectivity index (χ3n) is 2.84. The zero-order valence-electron chi connectivity index (χ0n) is 8.76. The van der Waals surface area contributed by atoms with Crippen LogP contribution in [-0.2, 0) is 9.59 Å². The molecule has 0 spiro atoms. The van der Waals surface area contributed by atoms with Crippen LogP contribution < -0.4 is 0 Å². The number of amides is 2. The van der Waals surface area contributed by atoms with Gasteiger partial charge in [-0.1, -0.05) is 13.8 Å². The molecule has 0 N–H and O–H groups in total. The van der Waals surface area contributed by atoms with Crippen LogP contribution in [0.1, 0.15) is 40.5 Å². The monoisotopic (exact) mass is 183 g/mol. The van der Waals surface area contributed by atoms with Crippen LogP contribution in [-0.4, -0.2) is 22.3 Å². The van der Waals surface area contributed by atoms with Crippen molar-refractivity contribution in [1.29, 1.82) is 0 Å². The van der Waals surface area contributed by atoms with Gasteiger partial charge in [0.2, 0.25) is 11.8 Å². The standard InChI is InChI=1S/C10H17NO2/c1-5-10(3,4)11-8(12)6-7(2)9(11)13/h7H,5-6H2,1-4H3. The predicted octanol–water partition coefficient (Wildman–Crippen LogP) is 1.57. The summed E-state index contributed by atoms with van der Waals surface area (Å²) in [5.74, 6) is -0.167. The van der Waals surface area contributed by atoms with Crippen LogP contribution in [0.15, 0.2) is 0 Å². The van der Waals surface area contributed by atoms with Crippen LogP contribution >= 0.6 is 0 Å². The zero-order valence-corrected chi connectivity index (χ0v) is 8.76. The summed E-state index contributed by atoms with van der Waals surface area (Å²) in [7, 11) is 0. The van der Waals surface area contributed by atoms with Gasteiger partial charge in [-0.15, -0.1) is 0 Å². The first-order chi connectivity index (χ1) is 5.90. The van der Waals surface area contributed by atoms with E-state index in [2.05, 4.69) is 0 Å². The van der Waals surface area contributed by atoms with Gasteiger partial charge >= 0.3 is 0 Å². The smallest absolute Gasteiger partial charge is 0.233 e. The largest absolute Gasteiger partial charge is 0.277 e. The van der Waals surface area contributed by atoms with Crippen LogP contribution in [0.3, 0.4) is 0 Å². The molecule has 1 atom stereocenters. The summed E-state index contributed by atoms with van der Waals surface area (Å²) in [5, 5.41) is 0. The Morgan fingerprint density at radius 3 is 2.31 bits per heavy atom. The highest BCUT2D eigenvalue weighted by Gasteiger charge is 2.42. The second kappa shape index (κ2) is 3.13. The molecule has 1 fully saturated rings. The van der Waals surface area contributed by atoms with Gasteiger partial charge in [0.25, 0.3) is 0 Å². The minimum Gasteiger partial charge on any atom is -0.277 e. The van der Waals surface area contributed by atoms with Crippen molar-refractivity contribution in [2.75, 3.05) is 0 Å². The molecule has 1 rings (SSSR count). The maximum Gasteiger partial charge on any atom is 0.233 e. The maximum atomic E-state index is 11.6. The fourth-order valence-electron chi connectivity index (χ4n) is 1.58. The summed E-state index contributed by atoms with van der Waals surface area (Å²) in [4.78, 5) is 24.6. The molecule has 1 heterocycles. The van der Waals surface area contributed by atoms with E-state index >= 15 is 0 Å². The van der Waals surface area contributed by atoms with E-state index in [4.69, 9.17) is 0 Å². The lowest BCUT2D eigenvalue weighted by molar-refractivity contribution is -0.145. The number of carbonyl (C=O) groups is 2. The van der Waals surface area contributed by atoms with Crippen molar-refractivity contribution < 1.29 is 9.59 Å². The lowest BCUT2D eigenvalue weighted by atomic mass is 9.99. The number of rotatable bonds is 2. The van der Waals surface area contributed by atoms with E-state index in [1.807, 2.05) is 27.7 Å². The van der Waals surface area contributed by atoms with Gasteiger partial charge in [-0.2, -0.15) is 0 Å². The molecular formula is C10H17NO2. The van der Waals surface area contributed by atoms with Crippen LogP contribution in [0.4, 0.5) is 0 Å². The van der Waals surface area contributed by atoms with Crippen molar-refractivity contribution in [2.24, 2.45) is 5.92 Å². The molecule has 0 bridgehead atoms. The van der Waals surface area contributed by atoms with Gasteiger partial charge in [-0.25, -0.2) is 0 Å². The van der Waals surface area contributed by atoms with Crippen molar-refractivity contribution >= 4 is 11.8 Å². The van der Waals surface area contributed by atoms with Gasteiger partial charge in [0.1, 0.15) is 0 Å². The van der Waals surface area contributed by atoms with Crippen molar-refractivity contribution in [2.45, 2.75) is 46.1 Å². The molecule has 13 heavy (non-hydrogen) atoms. The Bertz CT molecular complexity index is 245. The van der Waals surface area contributed by atoms with E-state index in [0.29, 0.717) is 6.42 Å². The summed E-state index contributed by atoms with van der Waals surface area (Å²) >= 11 is 0. The highest BCUT2D eigenvalue weighted by Crippen LogP contribution is 2.28. The van der Waals surface area contributed by atoms with Crippen LogP contribution in [0.2, 0.25) is 0 Å². The van der Waals surface area contributed by atoms with Crippen LogP contribution in [0.25, 0.3) is 0 Å². The SMILES string of the molecule is CCC(C)(C)N1C(=O)CC(C)C1=O. The second-order valence-corrected chi connectivity index (χ2v) is 4.34. The molecule has 74 valence electrons. The van der Waals surface area contributed by atoms with Gasteiger partial charge in [0.05, 0.1) is 0 Å². The third kappa shape index (κ3) is 1.60. The molecule has 2 amide bonds. The number of hydrogen-bond acceptors (Lipinski definition) is 2. The number of nitrogens with zero attached hydrogens (tertiary/aromatic N) is 1. The van der Waals surface area contributed by atoms with Crippen LogP contribution in [0.5, 0.6) is 0 Å². The van der Waals surface area contributed by atoms with E-state index < -0.39 is 0 Å². The van der Waals surface area contributed by atoms with Crippen LogP contribution in [0, 0.1) is 5.92 Å². The van der Waals surface area contributed by atoms with E-state index in [9.17, 15) is 9.59 Å². The highest BCUT2D eigenvalue weighted by atomic mass is 16.2. The maximum absolute atomic E-state index is 11.6. The molecule has 1 aliphatic heterocycles. The molecule has 0 radical (unpaired) electrons. The van der Waals surface area contributed by atoms with Gasteiger partial charge in [0.15, 0.2) is 0 Å². The summed E-state index contributed by atoms with van der Waals surface area (Å²) in [5.41, 5.74) is -0.321. The lowest BCUT2D eigenvalue weighted by Crippen LogP contribution is -2.47. The molecule has 1 saturated heterocycles. The van der Waals surface area contributed by atoms with E-state index in [0.717, 1.165) is 6.42 Å². The molecule has 1 unspecified atom stereocenters. The van der Waals surface area contributed by atoms with Crippen molar-refractivity contribution in [3.8, 4) is 0 Å². The summed E-state index contributed by atoms with van der Waals surface area (Å²) in [6.45, 7) is 7.66. The fourth-order valence-corrected chi connectivity index (χ4v) is 1.58. The summed E-state index contributed by atoms with van der Waals surface area (Å²) < 4.78 is 0. The second-order valence-electron chi connectivity index (χ2n) is 4.34. The molecule has 3 heteroatoms. The third-order valence-corrected chi connectivity index (χ3v) is 2.84. The minimum absolute atomic E-state index is 0.0168. The number of hydrogen-bond donors (Lipinski definition) is 0. The Labute approximate surface area is 79.1 Å². The van der Waals surface area contributed by atoms with E-state index in [-0.39, 0.29) is 23.3 Å². The topological polar surface area (TPSA) is 37.4 Å². The van der Waals surface area contributed by atoms with Gasteiger partial charge in [0, 0.05) is 17.9 Å². The van der Waals surface area contributed by atoms with E-state index in [1.54, 1.807) is 0 Å². The number of imide groups is 1. The van der Waals surface area contributed by atoms with Crippen molar-refractivity contribution in [3.05, 3.63) is 0 Å². The first kappa shape index (κ1) is 10.2. The molecule has 0 aromatic heterocycles.